The zero-order chi connectivity index (χ0) is 82.8. The zero-order valence-corrected chi connectivity index (χ0v) is 76.7. The highest BCUT2D eigenvalue weighted by Gasteiger charge is 2.18. The van der Waals surface area contributed by atoms with Crippen LogP contribution in [-0.2, 0) is 94.1 Å². The van der Waals surface area contributed by atoms with Crippen molar-refractivity contribution in [3.05, 3.63) is 137 Å². The summed E-state index contributed by atoms with van der Waals surface area (Å²) in [5.74, 6) is 4.09. The summed E-state index contributed by atoms with van der Waals surface area (Å²) in [6.07, 6.45) is 10.7. The summed E-state index contributed by atoms with van der Waals surface area (Å²) in [5.41, 5.74) is 3.88. The molecule has 0 saturated heterocycles. The molecule has 0 radical (unpaired) electrons. The van der Waals surface area contributed by atoms with Gasteiger partial charge in [-0.25, -0.2) is 4.79 Å². The first-order valence-corrected chi connectivity index (χ1v) is 41.4. The van der Waals surface area contributed by atoms with Crippen LogP contribution in [0.1, 0.15) is 122 Å². The van der Waals surface area contributed by atoms with Crippen molar-refractivity contribution < 1.29 is 85.8 Å². The number of hydrogen-bond acceptors (Lipinski definition) is 18. The molecule has 594 valence electrons. The van der Waals surface area contributed by atoms with Gasteiger partial charge in [0.15, 0.2) is 0 Å². The van der Waals surface area contributed by atoms with Crippen molar-refractivity contribution in [3.8, 4) is 30.4 Å². The lowest BCUT2D eigenvalue weighted by molar-refractivity contribution is -0.151. The number of halogens is 12. The Morgan fingerprint density at radius 2 is 0.990 bits per heavy atom. The van der Waals surface area contributed by atoms with Gasteiger partial charge < -0.3 is 48.1 Å². The predicted octanol–water partition coefficient (Wildman–Crippen LogP) is 17.7. The number of nitrogens with zero attached hydrogens (tertiary/aromatic N) is 1. The van der Waals surface area contributed by atoms with Gasteiger partial charge in [0.2, 0.25) is 11.8 Å². The van der Waals surface area contributed by atoms with Crippen LogP contribution in [-0.4, -0.2) is 178 Å². The first-order valence-electron chi connectivity index (χ1n) is 31.1. The lowest BCUT2D eigenvalue weighted by Crippen LogP contribution is -2.31. The molecule has 20 nitrogen and oxygen atoms in total. The molecule has 0 bridgehead atoms. The minimum absolute atomic E-state index is 0.0000463. The zero-order valence-electron chi connectivity index (χ0n) is 61.8. The molecule has 0 aliphatic heterocycles. The summed E-state index contributed by atoms with van der Waals surface area (Å²) < 4.78 is 37.7. The van der Waals surface area contributed by atoms with Gasteiger partial charge in [-0.3, -0.25) is 43.2 Å². The molecule has 1 N–H and O–H groups in total. The third-order valence-corrected chi connectivity index (χ3v) is 14.1. The van der Waals surface area contributed by atoms with Gasteiger partial charge >= 0.3 is 47.8 Å². The number of benzene rings is 4. The molecule has 1 atom stereocenters. The SMILES string of the molecule is C#CCCl.C#Cc1ccc(CCl)cc1.CC(C)(C)OC(=O)CCl.CC(C)(C)OC(=O)c1ccc(CBr)cc1.CC(C)OC(=O)CBr.CCCOC(=O)CBr.CCN(CC)C(=O)CCl.CNC(=O)CCl.COC(=O)C(C)Br.COC(=O)CBr.O=C(CBr)OCc1ccccc1.O=C(CBr)Oc1ccccc1. The van der Waals surface area contributed by atoms with Gasteiger partial charge in [0.25, 0.3) is 0 Å². The van der Waals surface area contributed by atoms with Crippen LogP contribution < -0.4 is 10.1 Å². The average Bonchev–Trinajstić information content (AvgIpc) is 0.873. The first-order chi connectivity index (χ1) is 49.3. The Morgan fingerprint density at radius 3 is 1.26 bits per heavy atom. The molecule has 0 saturated carbocycles. The molecule has 1 unspecified atom stereocenters. The number of alkyl halides is 12. The lowest BCUT2D eigenvalue weighted by Gasteiger charge is -2.19. The van der Waals surface area contributed by atoms with Gasteiger partial charge in [-0.15, -0.1) is 70.9 Å². The number of amides is 2. The topological polar surface area (TPSA) is 260 Å². The molecule has 2 amide bonds. The van der Waals surface area contributed by atoms with E-state index in [4.69, 9.17) is 88.1 Å². The van der Waals surface area contributed by atoms with Crippen LogP contribution in [0.5, 0.6) is 5.75 Å². The monoisotopic (exact) mass is 2020 g/mol. The second-order valence-electron chi connectivity index (χ2n) is 20.9. The highest BCUT2D eigenvalue weighted by atomic mass is 79.9. The van der Waals surface area contributed by atoms with E-state index in [1.165, 1.54) is 14.2 Å². The fraction of sp³-hybridized carbons (Fsp3) is 0.479. The molecule has 4 rings (SSSR count). The van der Waals surface area contributed by atoms with E-state index in [1.807, 2.05) is 140 Å². The van der Waals surface area contributed by atoms with Gasteiger partial charge in [0.1, 0.15) is 72.7 Å². The second kappa shape index (κ2) is 80.5. The molecule has 105 heavy (non-hydrogen) atoms. The summed E-state index contributed by atoms with van der Waals surface area (Å²) in [4.78, 5) is 107. The minimum Gasteiger partial charge on any atom is -0.468 e. The van der Waals surface area contributed by atoms with Crippen molar-refractivity contribution in [3.63, 3.8) is 0 Å². The predicted molar refractivity (Wildman–Crippen MR) is 450 cm³/mol. The van der Waals surface area contributed by atoms with Crippen molar-refractivity contribution in [1.29, 1.82) is 0 Å². The number of hydrogen-bond donors (Lipinski definition) is 1. The smallest absolute Gasteiger partial charge is 0.338 e. The van der Waals surface area contributed by atoms with Gasteiger partial charge in [-0.1, -0.05) is 203 Å². The molecule has 0 aromatic heterocycles. The first kappa shape index (κ1) is 116. The Morgan fingerprint density at radius 1 is 0.543 bits per heavy atom. The van der Waals surface area contributed by atoms with E-state index >= 15 is 0 Å². The van der Waals surface area contributed by atoms with Gasteiger partial charge in [-0.2, -0.15) is 0 Å². The second-order valence-corrected chi connectivity index (χ2v) is 27.0. The van der Waals surface area contributed by atoms with Gasteiger partial charge in [0, 0.05) is 36.9 Å². The number of carbonyl (C=O) groups excluding carboxylic acids is 10. The maximum atomic E-state index is 11.6. The minimum atomic E-state index is -0.439. The maximum absolute atomic E-state index is 11.6. The highest BCUT2D eigenvalue weighted by molar-refractivity contribution is 9.10. The number of ether oxygens (including phenoxy) is 8. The maximum Gasteiger partial charge on any atom is 0.338 e. The molecular weight excluding hydrogens is 1930 g/mol. The quantitative estimate of drug-likeness (QED) is 0.0283. The summed E-state index contributed by atoms with van der Waals surface area (Å²) >= 11 is 47.3. The van der Waals surface area contributed by atoms with E-state index in [0.717, 1.165) is 47.1 Å². The van der Waals surface area contributed by atoms with Crippen LogP contribution in [0.25, 0.3) is 0 Å². The average molecular weight is 2030 g/mol. The largest absolute Gasteiger partial charge is 0.468 e. The molecule has 0 spiro atoms. The summed E-state index contributed by atoms with van der Waals surface area (Å²) in [6.45, 7) is 24.6. The van der Waals surface area contributed by atoms with E-state index in [1.54, 1.807) is 63.9 Å². The number of para-hydroxylation sites is 1. The van der Waals surface area contributed by atoms with Gasteiger partial charge in [-0.05, 0) is 136 Å². The molecule has 4 aromatic rings. The Hall–Kier alpha value is -4.49. The van der Waals surface area contributed by atoms with Crippen molar-refractivity contribution >= 4 is 229 Å². The number of esters is 8. The fourth-order valence-corrected chi connectivity index (χ4v) is 6.94. The van der Waals surface area contributed by atoms with Crippen molar-refractivity contribution in [2.24, 2.45) is 0 Å². The van der Waals surface area contributed by atoms with E-state index < -0.39 is 11.2 Å². The van der Waals surface area contributed by atoms with Crippen molar-refractivity contribution in [2.75, 3.05) is 91.1 Å². The normalized spacial score (nSPS) is 9.54. The Balaban J connectivity index is -0.000000165. The number of carbonyl (C=O) groups is 10. The molecule has 32 heteroatoms. The van der Waals surface area contributed by atoms with Crippen LogP contribution in [0.2, 0.25) is 0 Å². The molecule has 0 aliphatic rings. The van der Waals surface area contributed by atoms with Crippen LogP contribution >= 0.6 is 170 Å². The third kappa shape index (κ3) is 88.3. The van der Waals surface area contributed by atoms with Crippen LogP contribution in [0.4, 0.5) is 0 Å². The fourth-order valence-electron chi connectivity index (χ4n) is 5.04. The highest BCUT2D eigenvalue weighted by Crippen LogP contribution is 2.15. The Bertz CT molecular complexity index is 2950. The van der Waals surface area contributed by atoms with Crippen molar-refractivity contribution in [1.82, 2.24) is 10.2 Å². The molecule has 0 heterocycles. The molecule has 4 aromatic carbocycles. The van der Waals surface area contributed by atoms with E-state index in [2.05, 4.69) is 149 Å². The van der Waals surface area contributed by atoms with Crippen LogP contribution in [0.15, 0.2) is 109 Å². The summed E-state index contributed by atoms with van der Waals surface area (Å²) in [5, 5.41) is 4.47. The van der Waals surface area contributed by atoms with Crippen LogP contribution in [0.3, 0.4) is 0 Å². The standard InChI is InChI=1S/C12H15BrO2.C9H9BrO2.C9H7Cl.C8H7BrO2.C6H12ClNO.C6H11ClO2.2C5H9BrO2.C4H7BrO2.C3H5BrO2.C3H6ClNO.C3H3Cl/c1-12(2,3)15-11(14)10-6-4-9(8-13)5-7-10;10-6-9(11)12-7-8-4-2-1-3-5-8;1-2-8-3-5-9(7-10)6-4-8;9-6-8(10)11-7-4-2-1-3-5-7;1-3-8(4-2)6(9)5-7;1-6(2,3)9-5(8)4-7;1-4(2)8-5(7)3-6;1-2-3-8-5(7)4-6;1-3(5)4(6)7-2;1-6-3(5)2-4;1-5-3(6)2-4;1-2-3-4/h4-7H,8H2,1-3H3;1-5H,6-7H2;1,3-6H,7H2;1-5H,6H2;3-5H2,1-2H3;4H2,1-3H3;4H,3H2,1-2H3;2-4H2,1H3;3H,1-2H3;2H2,1H3;2H2,1H3,(H,5,6);1H,3H2. The number of rotatable bonds is 20. The van der Waals surface area contributed by atoms with E-state index in [9.17, 15) is 47.9 Å². The molecular formula is C73H100Br7Cl5N2O18. The number of nitrogens with one attached hydrogen (secondary N) is 1. The van der Waals surface area contributed by atoms with Crippen LogP contribution in [0, 0.1) is 24.7 Å². The van der Waals surface area contributed by atoms with Gasteiger partial charge in [0.05, 0.1) is 38.4 Å². The van der Waals surface area contributed by atoms with E-state index in [-0.39, 0.29) is 109 Å². The third-order valence-electron chi connectivity index (χ3n) is 9.61. The van der Waals surface area contributed by atoms with Crippen molar-refractivity contribution in [2.45, 2.75) is 129 Å². The summed E-state index contributed by atoms with van der Waals surface area (Å²) in [7, 11) is 4.26. The Labute approximate surface area is 706 Å². The Kier molecular flexibility index (Phi) is 89.2. The number of methoxy groups -OCH3 is 2. The number of terminal acetylenes is 2. The lowest BCUT2D eigenvalue weighted by atomic mass is 10.1. The molecule has 0 fully saturated rings. The van der Waals surface area contributed by atoms with E-state index in [0.29, 0.717) is 41.6 Å². The summed E-state index contributed by atoms with van der Waals surface area (Å²) in [6, 6.07) is 33.6. The molecule has 0 aliphatic carbocycles.